The summed E-state index contributed by atoms with van der Waals surface area (Å²) < 4.78 is 6.37. The number of fused-ring (bicyclic) bond motifs is 2. The highest BCUT2D eigenvalue weighted by atomic mass is 35.5. The van der Waals surface area contributed by atoms with Gasteiger partial charge in [0.25, 0.3) is 0 Å². The number of hydrogen-bond acceptors (Lipinski definition) is 8. The number of ether oxygens (including phenoxy) is 1. The summed E-state index contributed by atoms with van der Waals surface area (Å²) in [6.45, 7) is 10.4. The number of likely N-dealkylation sites (tertiary alicyclic amines) is 1. The lowest BCUT2D eigenvalue weighted by atomic mass is 9.93. The van der Waals surface area contributed by atoms with E-state index in [1.165, 1.54) is 6.42 Å². The number of hydrogen-bond donors (Lipinski definition) is 0. The first kappa shape index (κ1) is 31.4. The van der Waals surface area contributed by atoms with Gasteiger partial charge in [-0.05, 0) is 56.3 Å². The molecule has 238 valence electrons. The molecular formula is C35H44ClN7O2. The van der Waals surface area contributed by atoms with E-state index in [4.69, 9.17) is 26.3 Å². The fourth-order valence-electron chi connectivity index (χ4n) is 7.37. The van der Waals surface area contributed by atoms with Crippen molar-refractivity contribution >= 4 is 39.8 Å². The smallest absolute Gasteiger partial charge is 0.318 e. The Bertz CT molecular complexity index is 1580. The Balaban J connectivity index is 1.38. The molecule has 0 N–H and O–H groups in total. The van der Waals surface area contributed by atoms with Gasteiger partial charge in [-0.15, -0.1) is 0 Å². The van der Waals surface area contributed by atoms with Gasteiger partial charge in [0.1, 0.15) is 12.4 Å². The van der Waals surface area contributed by atoms with Crippen LogP contribution in [0.3, 0.4) is 0 Å². The first-order chi connectivity index (χ1) is 21.8. The number of carbonyl (C=O) groups excluding carboxylic acids is 1. The summed E-state index contributed by atoms with van der Waals surface area (Å²) in [5.74, 6) is 1.21. The topological polar surface area (TPSA) is 88.8 Å². The van der Waals surface area contributed by atoms with E-state index in [1.807, 2.05) is 24.0 Å². The van der Waals surface area contributed by atoms with Gasteiger partial charge in [-0.1, -0.05) is 56.6 Å². The number of benzene rings is 2. The highest BCUT2D eigenvalue weighted by Crippen LogP contribution is 2.38. The molecule has 45 heavy (non-hydrogen) atoms. The molecular weight excluding hydrogens is 586 g/mol. The molecule has 9 nitrogen and oxygen atoms in total. The van der Waals surface area contributed by atoms with Gasteiger partial charge < -0.3 is 24.3 Å². The Hall–Kier alpha value is -3.61. The van der Waals surface area contributed by atoms with Crippen molar-refractivity contribution < 1.29 is 9.53 Å². The summed E-state index contributed by atoms with van der Waals surface area (Å²) in [4.78, 5) is 32.2. The van der Waals surface area contributed by atoms with Crippen molar-refractivity contribution in [1.82, 2.24) is 19.8 Å². The normalized spacial score (nSPS) is 22.2. The van der Waals surface area contributed by atoms with Gasteiger partial charge in [0.2, 0.25) is 5.91 Å². The second-order valence-corrected chi connectivity index (χ2v) is 13.4. The molecule has 6 rings (SSSR count). The number of amides is 1. The summed E-state index contributed by atoms with van der Waals surface area (Å²) in [5.41, 5.74) is 3.17. The summed E-state index contributed by atoms with van der Waals surface area (Å²) in [6.07, 6.45) is 3.74. The van der Waals surface area contributed by atoms with Crippen LogP contribution in [0.5, 0.6) is 6.01 Å². The molecule has 0 bridgehead atoms. The third-order valence-electron chi connectivity index (χ3n) is 9.85. The second kappa shape index (κ2) is 13.4. The van der Waals surface area contributed by atoms with Crippen molar-refractivity contribution in [3.05, 3.63) is 52.7 Å². The first-order valence-electron chi connectivity index (χ1n) is 16.4. The van der Waals surface area contributed by atoms with Crippen LogP contribution in [0, 0.1) is 17.2 Å². The standard InChI is InChI=1S/C35H44ClN7O2/c1-5-32(44)43-25(14-16-37)19-42(21-31(43)23(2)3)34-27-15-18-41(30-13-7-10-24-9-6-12-28(36)33(24)30)20-29(27)38-35(39-34)45-22-26-11-8-17-40(26)4/h6-7,9-10,12-13,23,25-26,31H,5,8,11,14-15,17-22H2,1-4H3/t25-,26+,31?/m1/s1. The van der Waals surface area contributed by atoms with Crippen molar-refractivity contribution in [3.63, 3.8) is 0 Å². The van der Waals surface area contributed by atoms with Gasteiger partial charge in [-0.3, -0.25) is 4.79 Å². The Kier molecular flexibility index (Phi) is 9.34. The minimum Gasteiger partial charge on any atom is -0.462 e. The molecule has 2 fully saturated rings. The maximum atomic E-state index is 13.2. The number of carbonyl (C=O) groups is 1. The van der Waals surface area contributed by atoms with Gasteiger partial charge in [-0.2, -0.15) is 15.2 Å². The monoisotopic (exact) mass is 629 g/mol. The van der Waals surface area contributed by atoms with Gasteiger partial charge in [0, 0.05) is 48.7 Å². The molecule has 3 aliphatic heterocycles. The zero-order valence-corrected chi connectivity index (χ0v) is 27.6. The first-order valence-corrected chi connectivity index (χ1v) is 16.7. The van der Waals surface area contributed by atoms with Gasteiger partial charge in [-0.25, -0.2) is 0 Å². The van der Waals surface area contributed by atoms with E-state index < -0.39 is 0 Å². The Morgan fingerprint density at radius 3 is 2.62 bits per heavy atom. The Labute approximate surface area is 271 Å². The Morgan fingerprint density at radius 2 is 1.91 bits per heavy atom. The molecule has 3 aromatic rings. The van der Waals surface area contributed by atoms with Crippen LogP contribution in [0.2, 0.25) is 5.02 Å². The predicted octanol–water partition coefficient (Wildman–Crippen LogP) is 5.68. The molecule has 0 spiro atoms. The molecule has 4 heterocycles. The number of nitrogens with zero attached hydrogens (tertiary/aromatic N) is 7. The number of nitriles is 1. The minimum atomic E-state index is -0.205. The molecule has 10 heteroatoms. The van der Waals surface area contributed by atoms with Crippen molar-refractivity contribution in [3.8, 4) is 12.1 Å². The molecule has 1 unspecified atom stereocenters. The molecule has 0 aliphatic carbocycles. The maximum Gasteiger partial charge on any atom is 0.318 e. The fraction of sp³-hybridized carbons (Fsp3) is 0.543. The Morgan fingerprint density at radius 1 is 1.11 bits per heavy atom. The number of piperazine rings is 1. The van der Waals surface area contributed by atoms with Crippen molar-refractivity contribution in [1.29, 1.82) is 5.26 Å². The average molecular weight is 630 g/mol. The van der Waals surface area contributed by atoms with E-state index in [9.17, 15) is 10.1 Å². The molecule has 3 aliphatic rings. The largest absolute Gasteiger partial charge is 0.462 e. The third kappa shape index (κ3) is 6.28. The molecule has 2 aromatic carbocycles. The molecule has 2 saturated heterocycles. The van der Waals surface area contributed by atoms with E-state index in [1.54, 1.807) is 0 Å². The van der Waals surface area contributed by atoms with Gasteiger partial charge in [0.15, 0.2) is 0 Å². The lowest BCUT2D eigenvalue weighted by molar-refractivity contribution is -0.137. The van der Waals surface area contributed by atoms with Crippen molar-refractivity contribution in [2.45, 2.75) is 77.5 Å². The summed E-state index contributed by atoms with van der Waals surface area (Å²) in [6, 6.07) is 15.2. The van der Waals surface area contributed by atoms with E-state index in [-0.39, 0.29) is 30.3 Å². The summed E-state index contributed by atoms with van der Waals surface area (Å²) in [7, 11) is 2.14. The highest BCUT2D eigenvalue weighted by molar-refractivity contribution is 6.36. The van der Waals surface area contributed by atoms with Crippen LogP contribution in [0.25, 0.3) is 10.8 Å². The summed E-state index contributed by atoms with van der Waals surface area (Å²) in [5, 5.41) is 12.7. The van der Waals surface area contributed by atoms with Crippen LogP contribution in [0.15, 0.2) is 36.4 Å². The van der Waals surface area contributed by atoms with Crippen molar-refractivity contribution in [2.75, 3.05) is 49.6 Å². The van der Waals surface area contributed by atoms with Crippen LogP contribution in [-0.4, -0.2) is 83.6 Å². The highest BCUT2D eigenvalue weighted by Gasteiger charge is 2.40. The van der Waals surface area contributed by atoms with Gasteiger partial charge >= 0.3 is 6.01 Å². The molecule has 1 aromatic heterocycles. The number of halogens is 1. The van der Waals surface area contributed by atoms with Crippen LogP contribution in [0.1, 0.15) is 57.7 Å². The second-order valence-electron chi connectivity index (χ2n) is 13.0. The molecule has 0 saturated carbocycles. The number of likely N-dealkylation sites (N-methyl/N-ethyl adjacent to an activating group) is 1. The van der Waals surface area contributed by atoms with E-state index in [0.29, 0.717) is 44.7 Å². The van der Waals surface area contributed by atoms with Crippen LogP contribution >= 0.6 is 11.6 Å². The number of rotatable bonds is 8. The molecule has 3 atom stereocenters. The quantitative estimate of drug-likeness (QED) is 0.314. The number of anilines is 2. The maximum absolute atomic E-state index is 13.2. The zero-order valence-electron chi connectivity index (χ0n) is 26.9. The summed E-state index contributed by atoms with van der Waals surface area (Å²) >= 11 is 6.74. The predicted molar refractivity (Wildman–Crippen MR) is 179 cm³/mol. The van der Waals surface area contributed by atoms with Gasteiger partial charge in [0.05, 0.1) is 41.8 Å². The fourth-order valence-corrected chi connectivity index (χ4v) is 7.65. The lowest BCUT2D eigenvalue weighted by Crippen LogP contribution is -2.62. The average Bonchev–Trinajstić information content (AvgIpc) is 3.46. The van der Waals surface area contributed by atoms with Crippen LogP contribution in [0.4, 0.5) is 11.5 Å². The number of aromatic nitrogens is 2. The lowest BCUT2D eigenvalue weighted by Gasteiger charge is -2.49. The molecule has 1 amide bonds. The van der Waals surface area contributed by atoms with E-state index >= 15 is 0 Å². The van der Waals surface area contributed by atoms with E-state index in [0.717, 1.165) is 64.5 Å². The van der Waals surface area contributed by atoms with Crippen LogP contribution in [-0.2, 0) is 17.8 Å². The SMILES string of the molecule is CCC(=O)N1C(C(C)C)CN(c2nc(OC[C@@H]3CCCN3C)nc3c2CCN(c2cccc4cccc(Cl)c24)C3)C[C@H]1CC#N. The van der Waals surface area contributed by atoms with Crippen LogP contribution < -0.4 is 14.5 Å². The van der Waals surface area contributed by atoms with Crippen molar-refractivity contribution in [2.24, 2.45) is 5.92 Å². The van der Waals surface area contributed by atoms with E-state index in [2.05, 4.69) is 65.9 Å². The third-order valence-corrected chi connectivity index (χ3v) is 10.2. The zero-order chi connectivity index (χ0) is 31.7. The minimum absolute atomic E-state index is 0.0235. The molecule has 0 radical (unpaired) electrons.